The van der Waals surface area contributed by atoms with E-state index < -0.39 is 0 Å². The van der Waals surface area contributed by atoms with E-state index in [1.807, 2.05) is 0 Å². The maximum absolute atomic E-state index is 3.91. The highest BCUT2D eigenvalue weighted by molar-refractivity contribution is 9.11. The van der Waals surface area contributed by atoms with Crippen LogP contribution in [0, 0.1) is 12.8 Å². The Kier molecular flexibility index (Phi) is 4.40. The first-order valence-electron chi connectivity index (χ1n) is 6.72. The number of aryl methyl sites for hydroxylation is 1. The van der Waals surface area contributed by atoms with Gasteiger partial charge in [-0.15, -0.1) is 0 Å². The van der Waals surface area contributed by atoms with Crippen molar-refractivity contribution in [3.8, 4) is 0 Å². The molecule has 0 aromatic heterocycles. The maximum Gasteiger partial charge on any atom is 0.0441 e. The summed E-state index contributed by atoms with van der Waals surface area (Å²) >= 11 is 11.2. The lowest BCUT2D eigenvalue weighted by atomic mass is 10.0. The van der Waals surface area contributed by atoms with Gasteiger partial charge in [-0.05, 0) is 54.0 Å². The van der Waals surface area contributed by atoms with E-state index in [1.165, 1.54) is 32.1 Å². The fourth-order valence-electron chi connectivity index (χ4n) is 2.73. The van der Waals surface area contributed by atoms with Gasteiger partial charge in [0.15, 0.2) is 0 Å². The fraction of sp³-hybridized carbons (Fsp3) is 0.294. The molecule has 3 atom stereocenters. The van der Waals surface area contributed by atoms with E-state index in [0.29, 0.717) is 16.7 Å². The first kappa shape index (κ1) is 14.8. The predicted octanol–water partition coefficient (Wildman–Crippen LogP) is 6.76. The second-order valence-corrected chi connectivity index (χ2v) is 8.14. The number of alkyl halides is 1. The zero-order chi connectivity index (χ0) is 14.3. The highest BCUT2D eigenvalue weighted by atomic mass is 79.9. The molecule has 1 aliphatic carbocycles. The Morgan fingerprint density at radius 2 is 1.75 bits per heavy atom. The van der Waals surface area contributed by atoms with Crippen LogP contribution in [-0.4, -0.2) is 0 Å². The van der Waals surface area contributed by atoms with Crippen molar-refractivity contribution in [3.05, 3.63) is 68.1 Å². The van der Waals surface area contributed by atoms with E-state index in [9.17, 15) is 0 Å². The molecule has 1 saturated carbocycles. The minimum atomic E-state index is 0.402. The van der Waals surface area contributed by atoms with Crippen LogP contribution in [0.3, 0.4) is 0 Å². The van der Waals surface area contributed by atoms with Crippen LogP contribution in [0.25, 0.3) is 0 Å². The second kappa shape index (κ2) is 5.94. The van der Waals surface area contributed by atoms with Crippen LogP contribution in [0.1, 0.15) is 33.9 Å². The standard InChI is InChI=1S/C17H15Br3/c1-10-7-16(19)14(9-15(10)18)17(20)13-8-12(13)11-5-3-2-4-6-11/h2-7,9,12-13,17H,8H2,1H3. The fourth-order valence-corrected chi connectivity index (χ4v) is 5.06. The molecule has 2 aromatic rings. The molecule has 104 valence electrons. The molecule has 2 aromatic carbocycles. The van der Waals surface area contributed by atoms with Crippen molar-refractivity contribution < 1.29 is 0 Å². The third-order valence-electron chi connectivity index (χ3n) is 4.02. The van der Waals surface area contributed by atoms with Gasteiger partial charge in [0.25, 0.3) is 0 Å². The second-order valence-electron chi connectivity index (χ2n) is 5.44. The largest absolute Gasteiger partial charge is 0.0835 e. The monoisotopic (exact) mass is 456 g/mol. The molecule has 20 heavy (non-hydrogen) atoms. The molecule has 3 rings (SSSR count). The van der Waals surface area contributed by atoms with Gasteiger partial charge in [-0.25, -0.2) is 0 Å². The summed E-state index contributed by atoms with van der Waals surface area (Å²) in [6, 6.07) is 15.3. The van der Waals surface area contributed by atoms with E-state index in [4.69, 9.17) is 0 Å². The van der Waals surface area contributed by atoms with E-state index in [-0.39, 0.29) is 0 Å². The van der Waals surface area contributed by atoms with Crippen molar-refractivity contribution in [2.45, 2.75) is 24.1 Å². The number of halogens is 3. The van der Waals surface area contributed by atoms with Crippen molar-refractivity contribution in [1.29, 1.82) is 0 Å². The minimum absolute atomic E-state index is 0.402. The normalized spacial score (nSPS) is 22.6. The maximum atomic E-state index is 3.91. The minimum Gasteiger partial charge on any atom is -0.0835 e. The Bertz CT molecular complexity index is 622. The van der Waals surface area contributed by atoms with Gasteiger partial charge >= 0.3 is 0 Å². The van der Waals surface area contributed by atoms with Crippen molar-refractivity contribution >= 4 is 47.8 Å². The highest BCUT2D eigenvalue weighted by Gasteiger charge is 2.43. The van der Waals surface area contributed by atoms with Crippen molar-refractivity contribution in [1.82, 2.24) is 0 Å². The third-order valence-corrected chi connectivity index (χ3v) is 6.73. The van der Waals surface area contributed by atoms with Crippen LogP contribution in [0.2, 0.25) is 0 Å². The zero-order valence-electron chi connectivity index (χ0n) is 11.1. The Balaban J connectivity index is 1.82. The van der Waals surface area contributed by atoms with Gasteiger partial charge in [-0.3, -0.25) is 0 Å². The van der Waals surface area contributed by atoms with E-state index in [2.05, 4.69) is 97.2 Å². The van der Waals surface area contributed by atoms with Gasteiger partial charge in [0.2, 0.25) is 0 Å². The molecule has 0 nitrogen and oxygen atoms in total. The number of hydrogen-bond donors (Lipinski definition) is 0. The number of rotatable bonds is 3. The molecule has 0 aliphatic heterocycles. The highest BCUT2D eigenvalue weighted by Crippen LogP contribution is 2.58. The Hall–Kier alpha value is -0.120. The van der Waals surface area contributed by atoms with E-state index in [1.54, 1.807) is 0 Å². The summed E-state index contributed by atoms with van der Waals surface area (Å²) < 4.78 is 2.37. The van der Waals surface area contributed by atoms with Crippen LogP contribution in [0.4, 0.5) is 0 Å². The molecule has 0 amide bonds. The van der Waals surface area contributed by atoms with Gasteiger partial charge in [0, 0.05) is 13.8 Å². The molecule has 1 aliphatic rings. The molecule has 0 bridgehead atoms. The first-order valence-corrected chi connectivity index (χ1v) is 9.22. The molecular weight excluding hydrogens is 444 g/mol. The summed E-state index contributed by atoms with van der Waals surface area (Å²) in [7, 11) is 0. The average Bonchev–Trinajstić information content (AvgIpc) is 3.23. The smallest absolute Gasteiger partial charge is 0.0441 e. The van der Waals surface area contributed by atoms with Crippen molar-refractivity contribution in [2.24, 2.45) is 5.92 Å². The lowest BCUT2D eigenvalue weighted by Crippen LogP contribution is -1.97. The van der Waals surface area contributed by atoms with Crippen LogP contribution >= 0.6 is 47.8 Å². The lowest BCUT2D eigenvalue weighted by Gasteiger charge is -2.14. The summed E-state index contributed by atoms with van der Waals surface area (Å²) in [5.41, 5.74) is 4.06. The van der Waals surface area contributed by atoms with Gasteiger partial charge in [-0.1, -0.05) is 78.1 Å². The summed E-state index contributed by atoms with van der Waals surface area (Å²) in [6.07, 6.45) is 1.26. The SMILES string of the molecule is Cc1cc(Br)c(C(Br)C2CC2c2ccccc2)cc1Br. The van der Waals surface area contributed by atoms with Gasteiger partial charge < -0.3 is 0 Å². The number of hydrogen-bond acceptors (Lipinski definition) is 0. The molecule has 3 unspecified atom stereocenters. The Labute approximate surface area is 145 Å². The lowest BCUT2D eigenvalue weighted by molar-refractivity contribution is 0.783. The van der Waals surface area contributed by atoms with Crippen LogP contribution < -0.4 is 0 Å². The first-order chi connectivity index (χ1) is 9.58. The van der Waals surface area contributed by atoms with Crippen LogP contribution in [-0.2, 0) is 0 Å². The van der Waals surface area contributed by atoms with Gasteiger partial charge in [0.05, 0.1) is 0 Å². The molecule has 1 fully saturated rings. The summed E-state index contributed by atoms with van der Waals surface area (Å²) in [4.78, 5) is 0.402. The van der Waals surface area contributed by atoms with E-state index in [0.717, 1.165) is 0 Å². The quantitative estimate of drug-likeness (QED) is 0.446. The predicted molar refractivity (Wildman–Crippen MR) is 95.5 cm³/mol. The zero-order valence-corrected chi connectivity index (χ0v) is 15.9. The molecular formula is C17H15Br3. The molecule has 0 spiro atoms. The molecule has 0 saturated heterocycles. The summed E-state index contributed by atoms with van der Waals surface area (Å²) in [5, 5.41) is 0. The molecule has 0 N–H and O–H groups in total. The van der Waals surface area contributed by atoms with E-state index >= 15 is 0 Å². The van der Waals surface area contributed by atoms with Gasteiger partial charge in [0.1, 0.15) is 0 Å². The Morgan fingerprint density at radius 1 is 1.05 bits per heavy atom. The molecule has 3 heteroatoms. The summed E-state index contributed by atoms with van der Waals surface area (Å²) in [6.45, 7) is 2.12. The third kappa shape index (κ3) is 2.90. The van der Waals surface area contributed by atoms with Crippen LogP contribution in [0.5, 0.6) is 0 Å². The van der Waals surface area contributed by atoms with Gasteiger partial charge in [-0.2, -0.15) is 0 Å². The Morgan fingerprint density at radius 3 is 2.45 bits per heavy atom. The number of benzene rings is 2. The van der Waals surface area contributed by atoms with Crippen molar-refractivity contribution in [3.63, 3.8) is 0 Å². The average molecular weight is 459 g/mol. The topological polar surface area (TPSA) is 0 Å². The summed E-state index contributed by atoms with van der Waals surface area (Å²) in [5.74, 6) is 1.37. The van der Waals surface area contributed by atoms with Crippen LogP contribution in [0.15, 0.2) is 51.4 Å². The van der Waals surface area contributed by atoms with Crippen molar-refractivity contribution in [2.75, 3.05) is 0 Å². The molecule has 0 radical (unpaired) electrons. The molecule has 0 heterocycles.